The average Bonchev–Trinajstić information content (AvgIpc) is 3.42. The van der Waals surface area contributed by atoms with Gasteiger partial charge in [0.25, 0.3) is 10.0 Å². The second kappa shape index (κ2) is 6.74. The van der Waals surface area contributed by atoms with Crippen molar-refractivity contribution in [2.75, 3.05) is 13.1 Å². The topological polar surface area (TPSA) is 121 Å². The van der Waals surface area contributed by atoms with Crippen molar-refractivity contribution in [3.63, 3.8) is 0 Å². The molecule has 0 aliphatic carbocycles. The number of aromatic amines is 2. The third-order valence-electron chi connectivity index (χ3n) is 4.59. The Morgan fingerprint density at radius 3 is 2.54 bits per heavy atom. The molecule has 4 rings (SSSR count). The van der Waals surface area contributed by atoms with E-state index in [9.17, 15) is 21.6 Å². The summed E-state index contributed by atoms with van der Waals surface area (Å²) in [5, 5.41) is 11.7. The summed E-state index contributed by atoms with van der Waals surface area (Å²) in [6.45, 7) is 0.536. The van der Waals surface area contributed by atoms with Gasteiger partial charge >= 0.3 is 6.18 Å². The zero-order valence-corrected chi connectivity index (χ0v) is 15.1. The van der Waals surface area contributed by atoms with Crippen LogP contribution in [0.1, 0.15) is 30.3 Å². The van der Waals surface area contributed by atoms with Crippen molar-refractivity contribution in [2.24, 2.45) is 0 Å². The molecule has 9 nitrogen and oxygen atoms in total. The van der Waals surface area contributed by atoms with E-state index in [4.69, 9.17) is 4.42 Å². The molecular formula is C15H15F3N6O3S. The Hall–Kier alpha value is -2.67. The highest BCUT2D eigenvalue weighted by Crippen LogP contribution is 2.33. The van der Waals surface area contributed by atoms with E-state index in [2.05, 4.69) is 20.3 Å². The van der Waals surface area contributed by atoms with Crippen LogP contribution in [-0.2, 0) is 16.2 Å². The normalized spacial score (nSPS) is 17.2. The number of alkyl halides is 3. The molecule has 1 aliphatic heterocycles. The van der Waals surface area contributed by atoms with Crippen molar-refractivity contribution in [3.8, 4) is 11.5 Å². The number of H-pyrrole nitrogens is 2. The van der Waals surface area contributed by atoms with E-state index in [1.54, 1.807) is 0 Å². The van der Waals surface area contributed by atoms with Gasteiger partial charge in [-0.05, 0) is 31.0 Å². The van der Waals surface area contributed by atoms with Crippen molar-refractivity contribution in [1.82, 2.24) is 29.7 Å². The summed E-state index contributed by atoms with van der Waals surface area (Å²) < 4.78 is 70.2. The molecule has 4 heterocycles. The van der Waals surface area contributed by atoms with Crippen LogP contribution >= 0.6 is 0 Å². The van der Waals surface area contributed by atoms with Crippen LogP contribution in [-0.4, -0.2) is 51.2 Å². The lowest BCUT2D eigenvalue weighted by atomic mass is 9.98. The largest absolute Gasteiger partial charge is 0.442 e. The van der Waals surface area contributed by atoms with Crippen molar-refractivity contribution >= 4 is 10.0 Å². The summed E-state index contributed by atoms with van der Waals surface area (Å²) in [7, 11) is -3.90. The van der Waals surface area contributed by atoms with Gasteiger partial charge < -0.3 is 4.42 Å². The number of hydrogen-bond donors (Lipinski definition) is 2. The summed E-state index contributed by atoms with van der Waals surface area (Å²) in [5.41, 5.74) is -1.17. The van der Waals surface area contributed by atoms with Gasteiger partial charge in [0, 0.05) is 19.0 Å². The van der Waals surface area contributed by atoms with Gasteiger partial charge in [-0.15, -0.1) is 0 Å². The SMILES string of the molecule is O=S(=O)(c1ccc(-c2cc(C(F)(F)F)[nH]n2)o1)N1CCC(c2ncn[nH]2)CC1. The fraction of sp³-hybridized carbons (Fsp3) is 0.400. The summed E-state index contributed by atoms with van der Waals surface area (Å²) in [5.74, 6) is 0.740. The van der Waals surface area contributed by atoms with Gasteiger partial charge in [-0.3, -0.25) is 10.2 Å². The molecular weight excluding hydrogens is 401 g/mol. The second-order valence-corrected chi connectivity index (χ2v) is 8.20. The molecule has 0 radical (unpaired) electrons. The Labute approximate surface area is 157 Å². The number of piperidine rings is 1. The van der Waals surface area contributed by atoms with Crippen LogP contribution in [0.15, 0.2) is 34.0 Å². The standard InChI is InChI=1S/C15H15F3N6O3S/c16-15(17,18)12-7-10(21-22-12)11-1-2-13(27-11)28(25,26)24-5-3-9(4-6-24)14-19-8-20-23-14/h1-2,7-9H,3-6H2,(H,21,22)(H,19,20,23). The molecule has 3 aromatic rings. The lowest BCUT2D eigenvalue weighted by Crippen LogP contribution is -2.37. The number of nitrogens with one attached hydrogen (secondary N) is 2. The number of sulfonamides is 1. The van der Waals surface area contributed by atoms with Gasteiger partial charge in [-0.2, -0.15) is 27.7 Å². The van der Waals surface area contributed by atoms with Gasteiger partial charge in [0.15, 0.2) is 5.76 Å². The van der Waals surface area contributed by atoms with Crippen LogP contribution in [0.2, 0.25) is 0 Å². The number of aromatic nitrogens is 5. The van der Waals surface area contributed by atoms with Gasteiger partial charge in [0.2, 0.25) is 5.09 Å². The van der Waals surface area contributed by atoms with Crippen LogP contribution in [0.4, 0.5) is 13.2 Å². The fourth-order valence-corrected chi connectivity index (χ4v) is 4.48. The molecule has 150 valence electrons. The quantitative estimate of drug-likeness (QED) is 0.674. The summed E-state index contributed by atoms with van der Waals surface area (Å²) in [4.78, 5) is 4.10. The van der Waals surface area contributed by atoms with Gasteiger partial charge in [-0.1, -0.05) is 0 Å². The molecule has 0 bridgehead atoms. The van der Waals surface area contributed by atoms with Crippen LogP contribution in [0.5, 0.6) is 0 Å². The van der Waals surface area contributed by atoms with Crippen molar-refractivity contribution in [1.29, 1.82) is 0 Å². The number of nitrogens with zero attached hydrogens (tertiary/aromatic N) is 4. The number of hydrogen-bond acceptors (Lipinski definition) is 6. The van der Waals surface area contributed by atoms with E-state index in [-0.39, 0.29) is 35.6 Å². The Balaban J connectivity index is 1.49. The smallest absolute Gasteiger partial charge is 0.432 e. The zero-order valence-electron chi connectivity index (χ0n) is 14.3. The molecule has 13 heteroatoms. The summed E-state index contributed by atoms with van der Waals surface area (Å²) in [6, 6.07) is 3.26. The number of furan rings is 1. The predicted octanol–water partition coefficient (Wildman–Crippen LogP) is 2.37. The first-order chi connectivity index (χ1) is 13.2. The van der Waals surface area contributed by atoms with E-state index >= 15 is 0 Å². The maximum Gasteiger partial charge on any atom is 0.432 e. The average molecular weight is 416 g/mol. The van der Waals surface area contributed by atoms with E-state index in [0.717, 1.165) is 11.9 Å². The lowest BCUT2D eigenvalue weighted by molar-refractivity contribution is -0.141. The van der Waals surface area contributed by atoms with E-state index < -0.39 is 21.9 Å². The monoisotopic (exact) mass is 416 g/mol. The van der Waals surface area contributed by atoms with Crippen LogP contribution in [0, 0.1) is 0 Å². The highest BCUT2D eigenvalue weighted by molar-refractivity contribution is 7.89. The molecule has 0 spiro atoms. The third-order valence-corrected chi connectivity index (χ3v) is 6.36. The van der Waals surface area contributed by atoms with E-state index in [0.29, 0.717) is 12.8 Å². The molecule has 0 aromatic carbocycles. The Bertz CT molecular complexity index is 1050. The van der Waals surface area contributed by atoms with Crippen molar-refractivity contribution in [2.45, 2.75) is 30.0 Å². The lowest BCUT2D eigenvalue weighted by Gasteiger charge is -2.29. The molecule has 0 amide bonds. The number of rotatable bonds is 4. The molecule has 0 unspecified atom stereocenters. The summed E-state index contributed by atoms with van der Waals surface area (Å²) >= 11 is 0. The first kappa shape index (κ1) is 18.7. The fourth-order valence-electron chi connectivity index (χ4n) is 3.10. The Morgan fingerprint density at radius 1 is 1.18 bits per heavy atom. The molecule has 1 saturated heterocycles. The molecule has 0 atom stereocenters. The number of halogens is 3. The molecule has 2 N–H and O–H groups in total. The Morgan fingerprint density at radius 2 is 1.93 bits per heavy atom. The molecule has 3 aromatic heterocycles. The first-order valence-electron chi connectivity index (χ1n) is 8.33. The predicted molar refractivity (Wildman–Crippen MR) is 88.4 cm³/mol. The van der Waals surface area contributed by atoms with Crippen molar-refractivity contribution in [3.05, 3.63) is 36.0 Å². The van der Waals surface area contributed by atoms with Crippen LogP contribution in [0.3, 0.4) is 0 Å². The third kappa shape index (κ3) is 3.42. The maximum absolute atomic E-state index is 12.8. The highest BCUT2D eigenvalue weighted by Gasteiger charge is 2.35. The zero-order chi connectivity index (χ0) is 19.9. The van der Waals surface area contributed by atoms with Gasteiger partial charge in [0.1, 0.15) is 23.5 Å². The molecule has 1 fully saturated rings. The molecule has 0 saturated carbocycles. The Kier molecular flexibility index (Phi) is 4.50. The minimum atomic E-state index is -4.58. The van der Waals surface area contributed by atoms with E-state index in [1.165, 1.54) is 22.8 Å². The first-order valence-corrected chi connectivity index (χ1v) is 9.77. The minimum absolute atomic E-state index is 0.0677. The van der Waals surface area contributed by atoms with E-state index in [1.807, 2.05) is 5.10 Å². The van der Waals surface area contributed by atoms with Crippen LogP contribution < -0.4 is 0 Å². The minimum Gasteiger partial charge on any atom is -0.442 e. The maximum atomic E-state index is 12.8. The molecule has 28 heavy (non-hydrogen) atoms. The van der Waals surface area contributed by atoms with Crippen LogP contribution in [0.25, 0.3) is 11.5 Å². The van der Waals surface area contributed by atoms with Gasteiger partial charge in [0.05, 0.1) is 0 Å². The molecule has 1 aliphatic rings. The highest BCUT2D eigenvalue weighted by atomic mass is 32.2. The summed E-state index contributed by atoms with van der Waals surface area (Å²) in [6.07, 6.45) is -2.05. The van der Waals surface area contributed by atoms with Gasteiger partial charge in [-0.25, -0.2) is 13.4 Å². The second-order valence-electron chi connectivity index (χ2n) is 6.33. The van der Waals surface area contributed by atoms with Crippen molar-refractivity contribution < 1.29 is 26.0 Å².